The summed E-state index contributed by atoms with van der Waals surface area (Å²) in [7, 11) is 1.35. The molecule has 0 saturated heterocycles. The fraction of sp³-hybridized carbons (Fsp3) is 0.914. The van der Waals surface area contributed by atoms with Crippen molar-refractivity contribution in [3.63, 3.8) is 0 Å². The number of esters is 1. The highest BCUT2D eigenvalue weighted by Gasteiger charge is 2.20. The first-order valence-corrected chi connectivity index (χ1v) is 19.4. The molecule has 0 bridgehead atoms. The molecule has 0 aromatic carbocycles. The van der Waals surface area contributed by atoms with Gasteiger partial charge in [0.2, 0.25) is 0 Å². The fourth-order valence-electron chi connectivity index (χ4n) is 4.72. The molecule has 0 aliphatic carbocycles. The topological polar surface area (TPSA) is 94.1 Å². The maximum absolute atomic E-state index is 12.5. The van der Waals surface area contributed by atoms with Gasteiger partial charge in [-0.2, -0.15) is 0 Å². The molecular formula is C35H70NO7P. The zero-order valence-corrected chi connectivity index (χ0v) is 30.3. The molecule has 0 aliphatic heterocycles. The van der Waals surface area contributed by atoms with Crippen molar-refractivity contribution in [3.05, 3.63) is 12.2 Å². The van der Waals surface area contributed by atoms with Crippen LogP contribution in [0.4, 0.5) is 0 Å². The summed E-state index contributed by atoms with van der Waals surface area (Å²) in [6, 6.07) is 0. The van der Waals surface area contributed by atoms with Crippen molar-refractivity contribution in [2.24, 2.45) is 0 Å². The molecule has 0 aromatic heterocycles. The monoisotopic (exact) mass is 647 g/mol. The molecule has 2 unspecified atom stereocenters. The van der Waals surface area contributed by atoms with Gasteiger partial charge in [-0.05, 0) is 38.5 Å². The quantitative estimate of drug-likeness (QED) is 0.0231. The molecule has 0 rings (SSSR count). The largest absolute Gasteiger partial charge is 0.756 e. The summed E-state index contributed by atoms with van der Waals surface area (Å²) in [4.78, 5) is 24.8. The minimum atomic E-state index is -4.50. The Morgan fingerprint density at radius 3 is 1.73 bits per heavy atom. The first kappa shape index (κ1) is 43.2. The summed E-state index contributed by atoms with van der Waals surface area (Å²) < 4.78 is 34.2. The van der Waals surface area contributed by atoms with Gasteiger partial charge in [-0.25, -0.2) is 0 Å². The molecule has 0 fully saturated rings. The van der Waals surface area contributed by atoms with Crippen LogP contribution in [0.25, 0.3) is 0 Å². The summed E-state index contributed by atoms with van der Waals surface area (Å²) in [6.45, 7) is 5.34. The number of hydrogen-bond acceptors (Lipinski definition) is 7. The number of likely N-dealkylation sites (N-methyl/N-ethyl adjacent to an activating group) is 1. The molecule has 44 heavy (non-hydrogen) atoms. The predicted molar refractivity (Wildman–Crippen MR) is 181 cm³/mol. The lowest BCUT2D eigenvalue weighted by Crippen LogP contribution is -2.37. The first-order valence-electron chi connectivity index (χ1n) is 17.9. The summed E-state index contributed by atoms with van der Waals surface area (Å²) in [5, 5.41) is 0. The Bertz CT molecular complexity index is 726. The van der Waals surface area contributed by atoms with E-state index in [2.05, 4.69) is 26.0 Å². The molecule has 0 saturated carbocycles. The fourth-order valence-corrected chi connectivity index (χ4v) is 5.44. The van der Waals surface area contributed by atoms with E-state index >= 15 is 0 Å². The van der Waals surface area contributed by atoms with Gasteiger partial charge in [0.15, 0.2) is 0 Å². The Kier molecular flexibility index (Phi) is 29.1. The summed E-state index contributed by atoms with van der Waals surface area (Å²) in [6.07, 6.45) is 28.0. The number of nitrogens with zero attached hydrogens (tertiary/aromatic N) is 1. The Hall–Kier alpha value is -0.760. The van der Waals surface area contributed by atoms with Crippen molar-refractivity contribution >= 4 is 13.8 Å². The summed E-state index contributed by atoms with van der Waals surface area (Å²) in [5.41, 5.74) is 0. The average Bonchev–Trinajstić information content (AvgIpc) is 2.96. The van der Waals surface area contributed by atoms with Crippen molar-refractivity contribution in [1.29, 1.82) is 0 Å². The molecule has 9 heteroatoms. The zero-order valence-electron chi connectivity index (χ0n) is 29.4. The van der Waals surface area contributed by atoms with Gasteiger partial charge in [-0.1, -0.05) is 116 Å². The Labute approximate surface area is 271 Å². The third-order valence-corrected chi connectivity index (χ3v) is 8.53. The Morgan fingerprint density at radius 2 is 1.18 bits per heavy atom. The van der Waals surface area contributed by atoms with Crippen LogP contribution >= 0.6 is 7.82 Å². The van der Waals surface area contributed by atoms with Crippen molar-refractivity contribution in [2.45, 2.75) is 155 Å². The smallest absolute Gasteiger partial charge is 0.306 e. The molecule has 0 aromatic rings. The van der Waals surface area contributed by atoms with Gasteiger partial charge in [0, 0.05) is 13.0 Å². The third-order valence-electron chi connectivity index (χ3n) is 7.57. The Balaban J connectivity index is 4.22. The lowest BCUT2D eigenvalue weighted by Gasteiger charge is -2.28. The van der Waals surface area contributed by atoms with Gasteiger partial charge in [-0.3, -0.25) is 9.36 Å². The highest BCUT2D eigenvalue weighted by molar-refractivity contribution is 7.45. The minimum Gasteiger partial charge on any atom is -0.756 e. The molecule has 8 nitrogen and oxygen atoms in total. The second-order valence-corrected chi connectivity index (χ2v) is 14.6. The van der Waals surface area contributed by atoms with Gasteiger partial charge in [0.05, 0.1) is 34.4 Å². The van der Waals surface area contributed by atoms with E-state index in [4.69, 9.17) is 18.5 Å². The minimum absolute atomic E-state index is 0.0266. The van der Waals surface area contributed by atoms with E-state index in [1.807, 2.05) is 21.1 Å². The number of ether oxygens (including phenoxy) is 2. The van der Waals surface area contributed by atoms with Crippen molar-refractivity contribution < 1.29 is 37.3 Å². The summed E-state index contributed by atoms with van der Waals surface area (Å²) in [5.74, 6) is -0.346. The maximum Gasteiger partial charge on any atom is 0.306 e. The molecule has 0 N–H and O–H groups in total. The van der Waals surface area contributed by atoms with Gasteiger partial charge >= 0.3 is 5.97 Å². The number of allylic oxidation sites excluding steroid dienone is 2. The summed E-state index contributed by atoms with van der Waals surface area (Å²) >= 11 is 0. The Morgan fingerprint density at radius 1 is 0.682 bits per heavy atom. The van der Waals surface area contributed by atoms with Crippen molar-refractivity contribution in [1.82, 2.24) is 0 Å². The van der Waals surface area contributed by atoms with E-state index in [-0.39, 0.29) is 25.8 Å². The van der Waals surface area contributed by atoms with Crippen LogP contribution in [-0.2, 0) is 27.9 Å². The third kappa shape index (κ3) is 32.6. The molecule has 0 aliphatic rings. The van der Waals surface area contributed by atoms with E-state index in [0.29, 0.717) is 24.1 Å². The molecule has 0 radical (unpaired) electrons. The van der Waals surface area contributed by atoms with Crippen LogP contribution in [0.1, 0.15) is 149 Å². The van der Waals surface area contributed by atoms with E-state index in [1.54, 1.807) is 0 Å². The predicted octanol–water partition coefficient (Wildman–Crippen LogP) is 8.91. The van der Waals surface area contributed by atoms with Gasteiger partial charge < -0.3 is 27.9 Å². The van der Waals surface area contributed by atoms with E-state index in [1.165, 1.54) is 83.5 Å². The van der Waals surface area contributed by atoms with E-state index in [0.717, 1.165) is 44.9 Å². The van der Waals surface area contributed by atoms with Crippen LogP contribution in [0.2, 0.25) is 0 Å². The van der Waals surface area contributed by atoms with Crippen LogP contribution in [0.5, 0.6) is 0 Å². The van der Waals surface area contributed by atoms with Crippen molar-refractivity contribution in [2.75, 3.05) is 54.1 Å². The number of phosphoric acid groups is 1. The van der Waals surface area contributed by atoms with Crippen molar-refractivity contribution in [3.8, 4) is 0 Å². The number of carbonyl (C=O) groups excluding carboxylic acids is 1. The number of hydrogen-bond donors (Lipinski definition) is 0. The molecule has 0 heterocycles. The van der Waals surface area contributed by atoms with Gasteiger partial charge in [-0.15, -0.1) is 0 Å². The lowest BCUT2D eigenvalue weighted by molar-refractivity contribution is -0.870. The first-order chi connectivity index (χ1) is 21.1. The zero-order chi connectivity index (χ0) is 32.8. The number of unbranched alkanes of at least 4 members (excludes halogenated alkanes) is 17. The average molecular weight is 648 g/mol. The number of rotatable bonds is 33. The highest BCUT2D eigenvalue weighted by atomic mass is 31.2. The van der Waals surface area contributed by atoms with Crippen LogP contribution < -0.4 is 4.89 Å². The SMILES string of the molecule is CCCCCCCCC/C=C\CCCCCCCC(=O)OC(COCCCCCCCC)COP(=O)([O-])OCC[N+](C)(C)C. The molecule has 262 valence electrons. The molecule has 0 spiro atoms. The molecule has 0 amide bonds. The number of carbonyl (C=O) groups is 1. The van der Waals surface area contributed by atoms with Crippen LogP contribution in [-0.4, -0.2) is 70.7 Å². The van der Waals surface area contributed by atoms with Gasteiger partial charge in [0.25, 0.3) is 7.82 Å². The van der Waals surface area contributed by atoms with Crippen LogP contribution in [0.3, 0.4) is 0 Å². The van der Waals surface area contributed by atoms with E-state index < -0.39 is 13.9 Å². The van der Waals surface area contributed by atoms with Gasteiger partial charge in [0.1, 0.15) is 19.3 Å². The molecule has 2 atom stereocenters. The number of phosphoric ester groups is 1. The maximum atomic E-state index is 12.5. The van der Waals surface area contributed by atoms with E-state index in [9.17, 15) is 14.3 Å². The number of quaternary nitrogens is 1. The highest BCUT2D eigenvalue weighted by Crippen LogP contribution is 2.38. The lowest BCUT2D eigenvalue weighted by atomic mass is 10.1. The normalized spacial score (nSPS) is 14.2. The second kappa shape index (κ2) is 29.6. The van der Waals surface area contributed by atoms with Crippen LogP contribution in [0.15, 0.2) is 12.2 Å². The second-order valence-electron chi connectivity index (χ2n) is 13.2. The standard InChI is InChI=1S/C35H70NO7P/c1-6-8-10-12-14-15-16-17-18-19-20-21-22-23-24-26-28-35(37)43-34(32-40-30-27-25-13-11-9-7-2)33-42-44(38,39)41-31-29-36(3,4)5/h18-19,34H,6-17,20-33H2,1-5H3/b19-18-. The van der Waals surface area contributed by atoms with Crippen LogP contribution in [0, 0.1) is 0 Å². The molecular weight excluding hydrogens is 577 g/mol.